The number of aromatic amines is 1. The van der Waals surface area contributed by atoms with Crippen LogP contribution in [0.3, 0.4) is 0 Å². The van der Waals surface area contributed by atoms with Gasteiger partial charge in [-0.05, 0) is 13.3 Å². The molecule has 1 unspecified atom stereocenters. The van der Waals surface area contributed by atoms with Crippen molar-refractivity contribution in [3.05, 3.63) is 32.9 Å². The van der Waals surface area contributed by atoms with E-state index in [-0.39, 0.29) is 0 Å². The van der Waals surface area contributed by atoms with Crippen LogP contribution in [0, 0.1) is 5.82 Å². The first-order chi connectivity index (χ1) is 7.57. The topological polar surface area (TPSA) is 64.1 Å². The first-order valence-electron chi connectivity index (χ1n) is 5.19. The molecule has 0 saturated heterocycles. The lowest BCUT2D eigenvalue weighted by molar-refractivity contribution is 0.00851. The zero-order chi connectivity index (χ0) is 12.1. The fourth-order valence-corrected chi connectivity index (χ4v) is 1.27. The summed E-state index contributed by atoms with van der Waals surface area (Å²) in [6.07, 6.45) is 1.76. The molecule has 0 radical (unpaired) electrons. The second kappa shape index (κ2) is 5.60. The number of nitrogens with zero attached hydrogens (tertiary/aromatic N) is 1. The Bertz CT molecular complexity index is 452. The molecule has 0 aliphatic rings. The lowest BCUT2D eigenvalue weighted by Gasteiger charge is -2.14. The Kier molecular flexibility index (Phi) is 4.42. The number of unbranched alkanes of at least 4 members (excludes halogenated alkanes) is 1. The number of aromatic nitrogens is 2. The molecule has 5 nitrogen and oxygen atoms in total. The molecule has 1 atom stereocenters. The standard InChI is InChI=1S/C10H15FN2O3/c1-3-4-5-16-7(2)13-9(14)8(11)6-12-10(13)15/h6-7H,3-5H2,1-2H3,(H,12,15). The van der Waals surface area contributed by atoms with Crippen molar-refractivity contribution in [3.63, 3.8) is 0 Å². The van der Waals surface area contributed by atoms with E-state index >= 15 is 0 Å². The van der Waals surface area contributed by atoms with Crippen LogP contribution in [0.4, 0.5) is 4.39 Å². The van der Waals surface area contributed by atoms with Crippen LogP contribution in [0.25, 0.3) is 0 Å². The normalized spacial score (nSPS) is 12.7. The molecule has 6 heteroatoms. The molecule has 0 fully saturated rings. The highest BCUT2D eigenvalue weighted by Crippen LogP contribution is 2.02. The molecule has 1 rings (SSSR count). The van der Waals surface area contributed by atoms with E-state index < -0.39 is 23.3 Å². The van der Waals surface area contributed by atoms with Gasteiger partial charge in [0.15, 0.2) is 0 Å². The van der Waals surface area contributed by atoms with Crippen LogP contribution >= 0.6 is 0 Å². The zero-order valence-electron chi connectivity index (χ0n) is 9.33. The van der Waals surface area contributed by atoms with E-state index in [4.69, 9.17) is 4.74 Å². The molecule has 0 spiro atoms. The Hall–Kier alpha value is -1.43. The molecule has 0 aromatic carbocycles. The minimum atomic E-state index is -0.995. The third-order valence-corrected chi connectivity index (χ3v) is 2.18. The third-order valence-electron chi connectivity index (χ3n) is 2.18. The largest absolute Gasteiger partial charge is 0.358 e. The van der Waals surface area contributed by atoms with Crippen molar-refractivity contribution >= 4 is 0 Å². The molecule has 0 amide bonds. The Balaban J connectivity index is 2.91. The highest BCUT2D eigenvalue weighted by Gasteiger charge is 2.13. The maximum Gasteiger partial charge on any atom is 0.330 e. The van der Waals surface area contributed by atoms with Gasteiger partial charge in [0.1, 0.15) is 6.23 Å². The van der Waals surface area contributed by atoms with Gasteiger partial charge in [0.05, 0.1) is 0 Å². The summed E-state index contributed by atoms with van der Waals surface area (Å²) in [6, 6.07) is 0. The summed E-state index contributed by atoms with van der Waals surface area (Å²) in [5.41, 5.74) is -1.64. The predicted molar refractivity (Wildman–Crippen MR) is 56.9 cm³/mol. The quantitative estimate of drug-likeness (QED) is 0.768. The SMILES string of the molecule is CCCCOC(C)n1c(=O)[nH]cc(F)c1=O. The molecule has 0 aliphatic carbocycles. The van der Waals surface area contributed by atoms with Crippen molar-refractivity contribution < 1.29 is 9.13 Å². The summed E-state index contributed by atoms with van der Waals surface area (Å²) >= 11 is 0. The Morgan fingerprint density at radius 1 is 1.56 bits per heavy atom. The van der Waals surface area contributed by atoms with Gasteiger partial charge >= 0.3 is 5.69 Å². The monoisotopic (exact) mass is 230 g/mol. The van der Waals surface area contributed by atoms with Gasteiger partial charge in [-0.25, -0.2) is 9.36 Å². The van der Waals surface area contributed by atoms with Crippen LogP contribution in [-0.2, 0) is 4.74 Å². The third kappa shape index (κ3) is 2.79. The number of ether oxygens (including phenoxy) is 1. The van der Waals surface area contributed by atoms with Crippen LogP contribution < -0.4 is 11.2 Å². The Morgan fingerprint density at radius 3 is 2.88 bits per heavy atom. The number of halogens is 1. The van der Waals surface area contributed by atoms with E-state index in [0.717, 1.165) is 23.6 Å². The minimum Gasteiger partial charge on any atom is -0.358 e. The van der Waals surface area contributed by atoms with Crippen molar-refractivity contribution in [1.29, 1.82) is 0 Å². The van der Waals surface area contributed by atoms with E-state index in [9.17, 15) is 14.0 Å². The molecule has 1 aromatic rings. The summed E-state index contributed by atoms with van der Waals surface area (Å²) in [4.78, 5) is 24.8. The molecule has 0 saturated carbocycles. The van der Waals surface area contributed by atoms with Gasteiger partial charge in [-0.2, -0.15) is 4.39 Å². The van der Waals surface area contributed by atoms with Crippen molar-refractivity contribution in [3.8, 4) is 0 Å². The van der Waals surface area contributed by atoms with E-state index in [2.05, 4.69) is 4.98 Å². The van der Waals surface area contributed by atoms with Crippen molar-refractivity contribution in [1.82, 2.24) is 9.55 Å². The molecule has 16 heavy (non-hydrogen) atoms. The number of rotatable bonds is 5. The lowest BCUT2D eigenvalue weighted by Crippen LogP contribution is -2.39. The van der Waals surface area contributed by atoms with Crippen LogP contribution in [-0.4, -0.2) is 16.2 Å². The Morgan fingerprint density at radius 2 is 2.25 bits per heavy atom. The number of hydrogen-bond donors (Lipinski definition) is 1. The lowest BCUT2D eigenvalue weighted by atomic mass is 10.4. The van der Waals surface area contributed by atoms with Crippen LogP contribution in [0.2, 0.25) is 0 Å². The van der Waals surface area contributed by atoms with E-state index in [1.807, 2.05) is 6.92 Å². The highest BCUT2D eigenvalue weighted by atomic mass is 19.1. The van der Waals surface area contributed by atoms with Crippen molar-refractivity contribution in [2.75, 3.05) is 6.61 Å². The smallest absolute Gasteiger partial charge is 0.330 e. The number of H-pyrrole nitrogens is 1. The van der Waals surface area contributed by atoms with Crippen LogP contribution in [0.15, 0.2) is 15.8 Å². The van der Waals surface area contributed by atoms with Crippen molar-refractivity contribution in [2.45, 2.75) is 32.9 Å². The first-order valence-corrected chi connectivity index (χ1v) is 5.19. The van der Waals surface area contributed by atoms with E-state index in [1.54, 1.807) is 0 Å². The minimum absolute atomic E-state index is 0.431. The average molecular weight is 230 g/mol. The Labute approximate surface area is 91.9 Å². The molecule has 1 aromatic heterocycles. The second-order valence-electron chi connectivity index (χ2n) is 3.44. The highest BCUT2D eigenvalue weighted by molar-refractivity contribution is 4.88. The summed E-state index contributed by atoms with van der Waals surface area (Å²) < 4.78 is 18.9. The summed E-state index contributed by atoms with van der Waals surface area (Å²) in [7, 11) is 0. The predicted octanol–water partition coefficient (Wildman–Crippen LogP) is 1.01. The fraction of sp³-hybridized carbons (Fsp3) is 0.600. The van der Waals surface area contributed by atoms with Gasteiger partial charge in [0, 0.05) is 12.8 Å². The van der Waals surface area contributed by atoms with Crippen LogP contribution in [0.1, 0.15) is 32.9 Å². The van der Waals surface area contributed by atoms with Gasteiger partial charge in [-0.1, -0.05) is 13.3 Å². The molecule has 90 valence electrons. The van der Waals surface area contributed by atoms with Crippen LogP contribution in [0.5, 0.6) is 0 Å². The average Bonchev–Trinajstić information content (AvgIpc) is 2.24. The van der Waals surface area contributed by atoms with E-state index in [1.165, 1.54) is 6.92 Å². The summed E-state index contributed by atoms with van der Waals surface area (Å²) in [5, 5.41) is 0. The van der Waals surface area contributed by atoms with Gasteiger partial charge in [0.25, 0.3) is 5.56 Å². The molecular formula is C10H15FN2O3. The molecule has 0 aliphatic heterocycles. The molecule has 1 N–H and O–H groups in total. The van der Waals surface area contributed by atoms with E-state index in [0.29, 0.717) is 6.61 Å². The summed E-state index contributed by atoms with van der Waals surface area (Å²) in [6.45, 7) is 3.96. The van der Waals surface area contributed by atoms with Gasteiger partial charge < -0.3 is 9.72 Å². The maximum absolute atomic E-state index is 12.9. The first kappa shape index (κ1) is 12.6. The van der Waals surface area contributed by atoms with Gasteiger partial charge in [-0.3, -0.25) is 4.79 Å². The zero-order valence-corrected chi connectivity index (χ0v) is 9.33. The molecule has 1 heterocycles. The number of hydrogen-bond acceptors (Lipinski definition) is 3. The van der Waals surface area contributed by atoms with Gasteiger partial charge in [-0.15, -0.1) is 0 Å². The van der Waals surface area contributed by atoms with Crippen molar-refractivity contribution in [2.24, 2.45) is 0 Å². The fourth-order valence-electron chi connectivity index (χ4n) is 1.27. The number of nitrogens with one attached hydrogen (secondary N) is 1. The molecule has 0 bridgehead atoms. The molecular weight excluding hydrogens is 215 g/mol. The second-order valence-corrected chi connectivity index (χ2v) is 3.44. The summed E-state index contributed by atoms with van der Waals surface area (Å²) in [5.74, 6) is -0.995. The van der Waals surface area contributed by atoms with Gasteiger partial charge in [0.2, 0.25) is 5.82 Å². The maximum atomic E-state index is 12.9.